The molecule has 0 amide bonds. The largest absolute Gasteiger partial charge is 0.379 e. The molecule has 2 aliphatic heterocycles. The first-order chi connectivity index (χ1) is 4.90. The average Bonchev–Trinajstić information content (AvgIpc) is 2.42. The van der Waals surface area contributed by atoms with Crippen LogP contribution in [0.25, 0.3) is 0 Å². The number of methoxy groups -OCH3 is 1. The Kier molecular flexibility index (Phi) is 1.42. The van der Waals surface area contributed by atoms with E-state index in [4.69, 9.17) is 4.74 Å². The van der Waals surface area contributed by atoms with Crippen LogP contribution in [0.1, 0.15) is 12.8 Å². The second-order valence-corrected chi connectivity index (χ2v) is 2.99. The summed E-state index contributed by atoms with van der Waals surface area (Å²) in [5.74, 6) is 0. The van der Waals surface area contributed by atoms with E-state index in [1.165, 1.54) is 18.7 Å². The molecule has 56 valence electrons. The molecule has 0 N–H and O–H groups in total. The zero-order chi connectivity index (χ0) is 6.97. The fourth-order valence-electron chi connectivity index (χ4n) is 1.78. The minimum atomic E-state index is 0.464. The van der Waals surface area contributed by atoms with E-state index in [1.807, 2.05) is 0 Å². The Morgan fingerprint density at radius 2 is 2.60 bits per heavy atom. The molecule has 0 unspecified atom stereocenters. The second kappa shape index (κ2) is 2.27. The summed E-state index contributed by atoms with van der Waals surface area (Å²) in [6.07, 6.45) is 5.17. The van der Waals surface area contributed by atoms with Crippen LogP contribution in [0.15, 0.2) is 11.8 Å². The van der Waals surface area contributed by atoms with Gasteiger partial charge in [0.1, 0.15) is 0 Å². The molecule has 10 heavy (non-hydrogen) atoms. The van der Waals surface area contributed by atoms with Gasteiger partial charge in [-0.15, -0.1) is 0 Å². The third-order valence-electron chi connectivity index (χ3n) is 2.38. The summed E-state index contributed by atoms with van der Waals surface area (Å²) in [4.78, 5) is 2.42. The van der Waals surface area contributed by atoms with Gasteiger partial charge in [0.15, 0.2) is 0 Å². The van der Waals surface area contributed by atoms with Crippen molar-refractivity contribution in [2.24, 2.45) is 0 Å². The number of nitrogens with zero attached hydrogens (tertiary/aromatic N) is 1. The van der Waals surface area contributed by atoms with Crippen molar-refractivity contribution in [2.45, 2.75) is 18.9 Å². The molecule has 1 fully saturated rings. The van der Waals surface area contributed by atoms with Gasteiger partial charge in [-0.3, -0.25) is 0 Å². The summed E-state index contributed by atoms with van der Waals surface area (Å²) < 4.78 is 5.26. The van der Waals surface area contributed by atoms with Crippen LogP contribution < -0.4 is 0 Å². The number of hydrogen-bond donors (Lipinski definition) is 0. The zero-order valence-electron chi connectivity index (χ0n) is 6.34. The van der Waals surface area contributed by atoms with E-state index in [9.17, 15) is 0 Å². The highest BCUT2D eigenvalue weighted by atomic mass is 16.5. The third kappa shape index (κ3) is 0.833. The molecule has 2 heteroatoms. The Labute approximate surface area is 61.5 Å². The molecule has 2 aliphatic rings. The molecule has 0 saturated carbocycles. The van der Waals surface area contributed by atoms with E-state index in [2.05, 4.69) is 11.0 Å². The monoisotopic (exact) mass is 139 g/mol. The normalized spacial score (nSPS) is 30.7. The fraction of sp³-hybridized carbons (Fsp3) is 0.750. The molecular formula is C8H13NO. The molecule has 0 aromatic rings. The molecule has 2 rings (SSSR count). The molecule has 0 aliphatic carbocycles. The van der Waals surface area contributed by atoms with Gasteiger partial charge < -0.3 is 9.64 Å². The lowest BCUT2D eigenvalue weighted by molar-refractivity contribution is 0.108. The Bertz CT molecular complexity index is 165. The highest BCUT2D eigenvalue weighted by Crippen LogP contribution is 2.27. The Hall–Kier alpha value is -0.500. The van der Waals surface area contributed by atoms with Crippen LogP contribution in [0.2, 0.25) is 0 Å². The van der Waals surface area contributed by atoms with E-state index in [1.54, 1.807) is 7.11 Å². The fourth-order valence-corrected chi connectivity index (χ4v) is 1.78. The summed E-state index contributed by atoms with van der Waals surface area (Å²) in [6, 6.07) is 0. The van der Waals surface area contributed by atoms with Crippen LogP contribution in [-0.2, 0) is 4.74 Å². The van der Waals surface area contributed by atoms with Crippen molar-refractivity contribution in [1.29, 1.82) is 0 Å². The first-order valence-electron chi connectivity index (χ1n) is 3.87. The lowest BCUT2D eigenvalue weighted by Gasteiger charge is -2.12. The molecule has 0 spiro atoms. The Balaban J connectivity index is 2.05. The van der Waals surface area contributed by atoms with Crippen molar-refractivity contribution < 1.29 is 4.74 Å². The highest BCUT2D eigenvalue weighted by Gasteiger charge is 2.27. The minimum absolute atomic E-state index is 0.464. The first kappa shape index (κ1) is 6.23. The molecule has 1 atom stereocenters. The van der Waals surface area contributed by atoms with Gasteiger partial charge in [-0.1, -0.05) is 6.08 Å². The van der Waals surface area contributed by atoms with E-state index in [0.717, 1.165) is 13.0 Å². The molecule has 0 bridgehead atoms. The van der Waals surface area contributed by atoms with Crippen molar-refractivity contribution >= 4 is 0 Å². The Morgan fingerprint density at radius 3 is 3.30 bits per heavy atom. The van der Waals surface area contributed by atoms with E-state index in [0.29, 0.717) is 6.10 Å². The van der Waals surface area contributed by atoms with Crippen LogP contribution in [0.5, 0.6) is 0 Å². The van der Waals surface area contributed by atoms with E-state index < -0.39 is 0 Å². The maximum atomic E-state index is 5.26. The topological polar surface area (TPSA) is 12.5 Å². The highest BCUT2D eigenvalue weighted by molar-refractivity contribution is 5.13. The van der Waals surface area contributed by atoms with Crippen molar-refractivity contribution in [3.8, 4) is 0 Å². The maximum Gasteiger partial charge on any atom is 0.0800 e. The van der Waals surface area contributed by atoms with Gasteiger partial charge >= 0.3 is 0 Å². The predicted octanol–water partition coefficient (Wildman–Crippen LogP) is 0.995. The predicted molar refractivity (Wildman–Crippen MR) is 39.7 cm³/mol. The maximum absolute atomic E-state index is 5.26. The lowest BCUT2D eigenvalue weighted by atomic mass is 10.2. The van der Waals surface area contributed by atoms with Crippen LogP contribution in [0.4, 0.5) is 0 Å². The smallest absolute Gasteiger partial charge is 0.0800 e. The molecule has 1 saturated heterocycles. The SMILES string of the molecule is CO[C@H]1CC2=CCCN2C1. The van der Waals surface area contributed by atoms with Gasteiger partial charge in [0.05, 0.1) is 6.10 Å². The third-order valence-corrected chi connectivity index (χ3v) is 2.38. The molecule has 0 aromatic carbocycles. The van der Waals surface area contributed by atoms with E-state index in [-0.39, 0.29) is 0 Å². The van der Waals surface area contributed by atoms with Crippen LogP contribution in [-0.4, -0.2) is 31.2 Å². The van der Waals surface area contributed by atoms with Gasteiger partial charge in [-0.2, -0.15) is 0 Å². The van der Waals surface area contributed by atoms with Gasteiger partial charge in [0.2, 0.25) is 0 Å². The number of ether oxygens (including phenoxy) is 1. The molecule has 0 aromatic heterocycles. The number of fused-ring (bicyclic) bond motifs is 1. The summed E-state index contributed by atoms with van der Waals surface area (Å²) in [7, 11) is 1.80. The Morgan fingerprint density at radius 1 is 1.70 bits per heavy atom. The standard InChI is InChI=1S/C8H13NO/c1-10-8-5-7-3-2-4-9(7)6-8/h3,8H,2,4-6H2,1H3/t8-/m0/s1. The van der Waals surface area contributed by atoms with Crippen molar-refractivity contribution in [3.05, 3.63) is 11.8 Å². The van der Waals surface area contributed by atoms with Crippen molar-refractivity contribution in [1.82, 2.24) is 4.90 Å². The van der Waals surface area contributed by atoms with Crippen LogP contribution >= 0.6 is 0 Å². The van der Waals surface area contributed by atoms with E-state index >= 15 is 0 Å². The van der Waals surface area contributed by atoms with Gasteiger partial charge in [0.25, 0.3) is 0 Å². The average molecular weight is 139 g/mol. The lowest BCUT2D eigenvalue weighted by Crippen LogP contribution is -2.20. The molecule has 2 nitrogen and oxygen atoms in total. The second-order valence-electron chi connectivity index (χ2n) is 2.99. The quantitative estimate of drug-likeness (QED) is 0.537. The number of rotatable bonds is 1. The summed E-state index contributed by atoms with van der Waals surface area (Å²) in [6.45, 7) is 2.33. The summed E-state index contributed by atoms with van der Waals surface area (Å²) in [5.41, 5.74) is 1.51. The van der Waals surface area contributed by atoms with Crippen molar-refractivity contribution in [2.75, 3.05) is 20.2 Å². The molecular weight excluding hydrogens is 126 g/mol. The first-order valence-corrected chi connectivity index (χ1v) is 3.87. The summed E-state index contributed by atoms with van der Waals surface area (Å²) >= 11 is 0. The van der Waals surface area contributed by atoms with Crippen LogP contribution in [0, 0.1) is 0 Å². The van der Waals surface area contributed by atoms with Crippen LogP contribution in [0.3, 0.4) is 0 Å². The van der Waals surface area contributed by atoms with Gasteiger partial charge in [0, 0.05) is 32.3 Å². The minimum Gasteiger partial charge on any atom is -0.379 e. The van der Waals surface area contributed by atoms with Gasteiger partial charge in [-0.05, 0) is 6.42 Å². The van der Waals surface area contributed by atoms with Crippen molar-refractivity contribution in [3.63, 3.8) is 0 Å². The number of hydrogen-bond acceptors (Lipinski definition) is 2. The van der Waals surface area contributed by atoms with Gasteiger partial charge in [-0.25, -0.2) is 0 Å². The summed E-state index contributed by atoms with van der Waals surface area (Å²) in [5, 5.41) is 0. The molecule has 0 radical (unpaired) electrons. The molecule has 2 heterocycles. The zero-order valence-corrected chi connectivity index (χ0v) is 6.34.